The fraction of sp³-hybridized carbons (Fsp3) is 0.0471. The van der Waals surface area contributed by atoms with Gasteiger partial charge < -0.3 is 28.1 Å². The highest BCUT2D eigenvalue weighted by Gasteiger charge is 2.26. The first-order valence-corrected chi connectivity index (χ1v) is 32.1. The molecule has 0 atom stereocenters. The molecule has 478 valence electrons. The number of fused-ring (bicyclic) bond motifs is 6. The van der Waals surface area contributed by atoms with Crippen LogP contribution in [-0.2, 0) is 45.4 Å². The monoisotopic (exact) mass is 1300 g/mol. The summed E-state index contributed by atoms with van der Waals surface area (Å²) in [5.41, 5.74) is 12.1. The van der Waals surface area contributed by atoms with E-state index in [9.17, 15) is 29.7 Å². The van der Waals surface area contributed by atoms with Crippen LogP contribution in [0.5, 0.6) is 0 Å². The first-order valence-electron chi connectivity index (χ1n) is 32.1. The van der Waals surface area contributed by atoms with Gasteiger partial charge >= 0.3 is 23.9 Å². The lowest BCUT2D eigenvalue weighted by Crippen LogP contribution is -2.07. The molecule has 12 aromatic carbocycles. The summed E-state index contributed by atoms with van der Waals surface area (Å²) in [6.45, 7) is 0.195. The molecule has 15 aromatic rings. The molecule has 0 bridgehead atoms. The van der Waals surface area contributed by atoms with Gasteiger partial charge in [-0.2, -0.15) is 10.5 Å². The van der Waals surface area contributed by atoms with Crippen molar-refractivity contribution in [2.75, 3.05) is 0 Å². The van der Waals surface area contributed by atoms with Crippen molar-refractivity contribution in [1.29, 1.82) is 10.5 Å². The minimum absolute atomic E-state index is 0.0451. The number of nitrogens with zero attached hydrogens (tertiary/aromatic N) is 7. The molecule has 0 aliphatic heterocycles. The Labute approximate surface area is 573 Å². The maximum atomic E-state index is 14.1. The Kier molecular flexibility index (Phi) is 17.1. The van der Waals surface area contributed by atoms with Crippen LogP contribution in [0.15, 0.2) is 285 Å². The van der Waals surface area contributed by atoms with Crippen LogP contribution in [0.1, 0.15) is 74.8 Å². The number of benzene rings is 12. The molecule has 0 aliphatic carbocycles. The van der Waals surface area contributed by atoms with Gasteiger partial charge in [-0.15, -0.1) is 0 Å². The van der Waals surface area contributed by atoms with E-state index in [2.05, 4.69) is 16.7 Å². The lowest BCUT2D eigenvalue weighted by atomic mass is 9.99. The average molecular weight is 1300 g/mol. The summed E-state index contributed by atoms with van der Waals surface area (Å²) in [6, 6.07) is 91.4. The molecule has 0 spiro atoms. The molecule has 0 amide bonds. The zero-order valence-electron chi connectivity index (χ0n) is 53.4. The number of hydrogen-bond donors (Lipinski definition) is 0. The zero-order chi connectivity index (χ0) is 68.1. The van der Waals surface area contributed by atoms with E-state index in [1.807, 2.05) is 211 Å². The molecule has 0 aliphatic rings. The largest absolute Gasteiger partial charge is 0.457 e. The Hall–Kier alpha value is -13.9. The molecule has 0 fully saturated rings. The predicted octanol–water partition coefficient (Wildman–Crippen LogP) is 17.9. The molecule has 3 aromatic heterocycles. The fourth-order valence-electron chi connectivity index (χ4n) is 12.4. The highest BCUT2D eigenvalue weighted by atomic mass is 16.5. The van der Waals surface area contributed by atoms with Gasteiger partial charge in [-0.3, -0.25) is 0 Å². The number of nitriles is 2. The van der Waals surface area contributed by atoms with E-state index >= 15 is 0 Å². The molecular formula is C85H55N7O8. The van der Waals surface area contributed by atoms with Crippen LogP contribution >= 0.6 is 0 Å². The van der Waals surface area contributed by atoms with E-state index in [0.29, 0.717) is 88.6 Å². The van der Waals surface area contributed by atoms with Crippen LogP contribution in [0.25, 0.3) is 100 Å². The molecule has 15 nitrogen and oxygen atoms in total. The number of hydrogen-bond acceptors (Lipinski definition) is 13. The van der Waals surface area contributed by atoms with Gasteiger partial charge in [0.15, 0.2) is 17.5 Å². The van der Waals surface area contributed by atoms with Crippen molar-refractivity contribution in [3.05, 3.63) is 341 Å². The zero-order valence-corrected chi connectivity index (χ0v) is 53.4. The Morgan fingerprint density at radius 2 is 0.640 bits per heavy atom. The van der Waals surface area contributed by atoms with Crippen LogP contribution in [0, 0.1) is 22.7 Å². The van der Waals surface area contributed by atoms with Crippen LogP contribution in [-0.4, -0.2) is 48.0 Å². The Balaban J connectivity index is 0.927. The highest BCUT2D eigenvalue weighted by Crippen LogP contribution is 2.42. The Morgan fingerprint density at radius 1 is 0.300 bits per heavy atom. The van der Waals surface area contributed by atoms with Gasteiger partial charge in [-0.05, 0) is 149 Å². The van der Waals surface area contributed by atoms with Gasteiger partial charge in [0.25, 0.3) is 0 Å². The normalized spacial score (nSPS) is 11.1. The van der Waals surface area contributed by atoms with Crippen molar-refractivity contribution in [3.63, 3.8) is 0 Å². The number of esters is 4. The second-order valence-electron chi connectivity index (χ2n) is 23.8. The lowest BCUT2D eigenvalue weighted by molar-refractivity contribution is 0.0464. The van der Waals surface area contributed by atoms with Gasteiger partial charge in [0.1, 0.15) is 26.4 Å². The SMILES string of the molecule is N#Cc1ccc(-c2ccc(-n3c4ccc(C(=O)OCc5ccccc5)cc4c4cc(C(=O)OCc5ccccc5)ccc43)c(-c3nc(-c4ccccc4)nc(-c4ccc(C#N)cc4-n4c5ccc(C(=O)OCc6ccccc6)cc5c5cc(C(=O)OCc6ccccc6)ccc54)n3)c2)cc1. The summed E-state index contributed by atoms with van der Waals surface area (Å²) in [7, 11) is 0. The molecule has 15 heteroatoms. The third-order valence-electron chi connectivity index (χ3n) is 17.4. The summed E-state index contributed by atoms with van der Waals surface area (Å²) in [5, 5.41) is 23.1. The molecular weight excluding hydrogens is 1250 g/mol. The van der Waals surface area contributed by atoms with Crippen LogP contribution in [0.3, 0.4) is 0 Å². The molecule has 100 heavy (non-hydrogen) atoms. The molecule has 0 saturated carbocycles. The van der Waals surface area contributed by atoms with Gasteiger partial charge in [0, 0.05) is 38.2 Å². The van der Waals surface area contributed by atoms with Crippen LogP contribution in [0.4, 0.5) is 0 Å². The van der Waals surface area contributed by atoms with Crippen LogP contribution < -0.4 is 0 Å². The number of rotatable bonds is 18. The van der Waals surface area contributed by atoms with Gasteiger partial charge in [0.2, 0.25) is 0 Å². The summed E-state index contributed by atoms with van der Waals surface area (Å²) < 4.78 is 27.5. The van der Waals surface area contributed by atoms with E-state index in [-0.39, 0.29) is 60.3 Å². The van der Waals surface area contributed by atoms with Crippen LogP contribution in [0.2, 0.25) is 0 Å². The Bertz CT molecular complexity index is 5540. The summed E-state index contributed by atoms with van der Waals surface area (Å²) in [4.78, 5) is 72.4. The number of aromatic nitrogens is 5. The average Bonchev–Trinajstić information content (AvgIpc) is 1.57. The molecule has 0 N–H and O–H groups in total. The lowest BCUT2D eigenvalue weighted by Gasteiger charge is -2.18. The van der Waals surface area contributed by atoms with Crippen molar-refractivity contribution in [2.24, 2.45) is 0 Å². The van der Waals surface area contributed by atoms with E-state index in [0.717, 1.165) is 33.4 Å². The third-order valence-corrected chi connectivity index (χ3v) is 17.4. The van der Waals surface area contributed by atoms with Gasteiger partial charge in [-0.25, -0.2) is 34.1 Å². The summed E-state index contributed by atoms with van der Waals surface area (Å²) >= 11 is 0. The summed E-state index contributed by atoms with van der Waals surface area (Å²) in [5.74, 6) is -1.43. The molecule has 0 saturated heterocycles. The topological polar surface area (TPSA) is 201 Å². The Morgan fingerprint density at radius 3 is 1.03 bits per heavy atom. The first-order chi connectivity index (χ1) is 49.1. The number of ether oxygens (including phenoxy) is 4. The standard InChI is InChI=1S/C85H55N7O8/c86-48-54-26-29-60(30-27-54)62-31-37-77(91-73-38-32-63(82(93)97-50-55-16-6-1-7-17-55)44-68(73)69-45-64(33-39-74(69)91)83(94)98-51-56-18-8-2-9-19-56)72(43-62)81-89-79(61-24-14-5-15-25-61)88-80(90-81)67-36-28-59(49-87)42-78(67)92-75-40-34-65(84(95)99-52-57-20-10-3-11-21-57)46-70(75)71-47-66(35-41-76(71)92)85(96)100-53-58-22-12-4-13-23-58/h1-47H,50-53H2. The van der Waals surface area contributed by atoms with E-state index in [1.165, 1.54) is 0 Å². The maximum absolute atomic E-state index is 14.1. The predicted molar refractivity (Wildman–Crippen MR) is 382 cm³/mol. The number of carbonyl (C=O) groups is 4. The fourth-order valence-corrected chi connectivity index (χ4v) is 12.4. The van der Waals surface area contributed by atoms with E-state index in [1.54, 1.807) is 78.9 Å². The first kappa shape index (κ1) is 62.2. The van der Waals surface area contributed by atoms with Gasteiger partial charge in [-0.1, -0.05) is 170 Å². The van der Waals surface area contributed by atoms with Crippen molar-refractivity contribution >= 4 is 67.5 Å². The third kappa shape index (κ3) is 12.7. The second kappa shape index (κ2) is 27.4. The maximum Gasteiger partial charge on any atom is 0.338 e. The smallest absolute Gasteiger partial charge is 0.338 e. The van der Waals surface area contributed by atoms with Crippen molar-refractivity contribution in [2.45, 2.75) is 26.4 Å². The minimum Gasteiger partial charge on any atom is -0.457 e. The van der Waals surface area contributed by atoms with Crippen molar-refractivity contribution in [1.82, 2.24) is 24.1 Å². The van der Waals surface area contributed by atoms with Crippen molar-refractivity contribution in [3.8, 4) is 68.8 Å². The molecule has 15 rings (SSSR count). The number of carbonyl (C=O) groups excluding carboxylic acids is 4. The molecule has 3 heterocycles. The summed E-state index contributed by atoms with van der Waals surface area (Å²) in [6.07, 6.45) is 0. The van der Waals surface area contributed by atoms with E-state index < -0.39 is 23.9 Å². The minimum atomic E-state index is -0.556. The highest BCUT2D eigenvalue weighted by molar-refractivity contribution is 6.15. The second-order valence-corrected chi connectivity index (χ2v) is 23.8. The van der Waals surface area contributed by atoms with Crippen molar-refractivity contribution < 1.29 is 38.1 Å². The van der Waals surface area contributed by atoms with Gasteiger partial charge in [0.05, 0.1) is 79.0 Å². The molecule has 0 unspecified atom stereocenters. The quantitative estimate of drug-likeness (QED) is 0.0581. The van der Waals surface area contributed by atoms with E-state index in [4.69, 9.17) is 33.9 Å². The molecule has 0 radical (unpaired) electrons.